The van der Waals surface area contributed by atoms with Crippen molar-refractivity contribution in [1.29, 1.82) is 0 Å². The summed E-state index contributed by atoms with van der Waals surface area (Å²) in [6.07, 6.45) is 0.878. The summed E-state index contributed by atoms with van der Waals surface area (Å²) in [5, 5.41) is 4.09. The molecule has 2 rings (SSSR count). The molecule has 1 aromatic carbocycles. The highest BCUT2D eigenvalue weighted by molar-refractivity contribution is 7.86. The van der Waals surface area contributed by atoms with Gasteiger partial charge in [0.15, 0.2) is 0 Å². The van der Waals surface area contributed by atoms with E-state index in [-0.39, 0.29) is 5.75 Å². The minimum Gasteiger partial charge on any atom is -0.377 e. The SMILES string of the molecule is CC(C)C.Cn1nc(-c2ccc(CN)cc2)cc(OS(C)(=O)=O)c1=O. The van der Waals surface area contributed by atoms with Crippen molar-refractivity contribution in [3.05, 3.63) is 46.2 Å². The molecule has 7 nitrogen and oxygen atoms in total. The summed E-state index contributed by atoms with van der Waals surface area (Å²) >= 11 is 0. The van der Waals surface area contributed by atoms with Gasteiger partial charge in [0.2, 0.25) is 5.75 Å². The second-order valence-electron chi connectivity index (χ2n) is 6.24. The molecule has 0 spiro atoms. The Morgan fingerprint density at radius 2 is 1.72 bits per heavy atom. The molecule has 1 heterocycles. The number of aromatic nitrogens is 2. The monoisotopic (exact) mass is 367 g/mol. The van der Waals surface area contributed by atoms with Gasteiger partial charge in [0.25, 0.3) is 0 Å². The van der Waals surface area contributed by atoms with Crippen molar-refractivity contribution in [2.75, 3.05) is 6.26 Å². The van der Waals surface area contributed by atoms with E-state index in [2.05, 4.69) is 25.9 Å². The quantitative estimate of drug-likeness (QED) is 0.828. The zero-order valence-electron chi connectivity index (χ0n) is 15.2. The largest absolute Gasteiger partial charge is 0.377 e. The summed E-state index contributed by atoms with van der Waals surface area (Å²) in [7, 11) is -2.36. The highest BCUT2D eigenvalue weighted by atomic mass is 32.2. The molecule has 1 aromatic heterocycles. The van der Waals surface area contributed by atoms with Crippen LogP contribution in [0, 0.1) is 5.92 Å². The second-order valence-corrected chi connectivity index (χ2v) is 7.82. The zero-order valence-corrected chi connectivity index (χ0v) is 16.0. The molecule has 0 saturated heterocycles. The van der Waals surface area contributed by atoms with Crippen molar-refractivity contribution in [3.8, 4) is 17.0 Å². The molecule has 0 bridgehead atoms. The lowest BCUT2D eigenvalue weighted by atomic mass is 10.1. The molecule has 2 N–H and O–H groups in total. The summed E-state index contributed by atoms with van der Waals surface area (Å²) in [5.74, 6) is 0.549. The Balaban J connectivity index is 0.000000705. The Hall–Kier alpha value is -2.19. The van der Waals surface area contributed by atoms with Gasteiger partial charge in [-0.2, -0.15) is 13.5 Å². The van der Waals surface area contributed by atoms with Crippen molar-refractivity contribution < 1.29 is 12.6 Å². The number of rotatable bonds is 4. The fraction of sp³-hybridized carbons (Fsp3) is 0.412. The minimum absolute atomic E-state index is 0.284. The van der Waals surface area contributed by atoms with E-state index in [9.17, 15) is 13.2 Å². The van der Waals surface area contributed by atoms with E-state index in [1.54, 1.807) is 12.1 Å². The lowest BCUT2D eigenvalue weighted by Gasteiger charge is -2.08. The van der Waals surface area contributed by atoms with Gasteiger partial charge in [-0.05, 0) is 11.5 Å². The van der Waals surface area contributed by atoms with Crippen LogP contribution in [0.25, 0.3) is 11.3 Å². The lowest BCUT2D eigenvalue weighted by Crippen LogP contribution is -2.23. The van der Waals surface area contributed by atoms with Crippen LogP contribution in [-0.2, 0) is 23.7 Å². The van der Waals surface area contributed by atoms with Crippen molar-refractivity contribution in [2.45, 2.75) is 27.3 Å². The van der Waals surface area contributed by atoms with Gasteiger partial charge in [-0.15, -0.1) is 0 Å². The molecule has 138 valence electrons. The predicted octanol–water partition coefficient (Wildman–Crippen LogP) is 1.91. The summed E-state index contributed by atoms with van der Waals surface area (Å²) in [6, 6.07) is 8.55. The summed E-state index contributed by atoms with van der Waals surface area (Å²) in [4.78, 5) is 11.8. The minimum atomic E-state index is -3.78. The summed E-state index contributed by atoms with van der Waals surface area (Å²) in [6.45, 7) is 6.92. The van der Waals surface area contributed by atoms with Crippen molar-refractivity contribution in [2.24, 2.45) is 18.7 Å². The fourth-order valence-corrected chi connectivity index (χ4v) is 2.20. The van der Waals surface area contributed by atoms with Crippen LogP contribution in [0.3, 0.4) is 0 Å². The lowest BCUT2D eigenvalue weighted by molar-refractivity contribution is 0.482. The Bertz CT molecular complexity index is 854. The average Bonchev–Trinajstić information content (AvgIpc) is 2.50. The molecule has 0 amide bonds. The predicted molar refractivity (Wildman–Crippen MR) is 98.8 cm³/mol. The highest BCUT2D eigenvalue weighted by Crippen LogP contribution is 2.20. The van der Waals surface area contributed by atoms with Crippen LogP contribution in [0.5, 0.6) is 5.75 Å². The normalized spacial score (nSPS) is 11.0. The molecule has 0 saturated carbocycles. The van der Waals surface area contributed by atoms with Crippen molar-refractivity contribution >= 4 is 10.1 Å². The smallest absolute Gasteiger partial charge is 0.310 e. The fourth-order valence-electron chi connectivity index (χ4n) is 1.76. The van der Waals surface area contributed by atoms with Crippen LogP contribution in [0.1, 0.15) is 26.3 Å². The van der Waals surface area contributed by atoms with Gasteiger partial charge in [-0.25, -0.2) is 4.68 Å². The Morgan fingerprint density at radius 1 is 1.20 bits per heavy atom. The van der Waals surface area contributed by atoms with E-state index in [4.69, 9.17) is 9.92 Å². The van der Waals surface area contributed by atoms with Gasteiger partial charge in [0.1, 0.15) is 0 Å². The Labute approximate surface area is 148 Å². The maximum absolute atomic E-state index is 11.8. The highest BCUT2D eigenvalue weighted by Gasteiger charge is 2.13. The summed E-state index contributed by atoms with van der Waals surface area (Å²) in [5.41, 5.74) is 7.01. The molecule has 0 aliphatic heterocycles. The van der Waals surface area contributed by atoms with Crippen LogP contribution in [-0.4, -0.2) is 24.5 Å². The first kappa shape index (κ1) is 20.9. The molecular formula is C17H25N3O4S. The number of nitrogens with zero attached hydrogens (tertiary/aromatic N) is 2. The standard InChI is InChI=1S/C13H15N3O4S.C4H10/c1-16-13(17)12(20-21(2,18)19)7-11(15-16)10-5-3-9(8-14)4-6-10;1-4(2)3/h3-7H,8,14H2,1-2H3;4H,1-3H3. The third kappa shape index (κ3) is 7.06. The number of hydrogen-bond donors (Lipinski definition) is 1. The van der Waals surface area contributed by atoms with E-state index >= 15 is 0 Å². The van der Waals surface area contributed by atoms with Gasteiger partial charge >= 0.3 is 15.7 Å². The van der Waals surface area contributed by atoms with Crippen LogP contribution in [0.2, 0.25) is 0 Å². The molecule has 8 heteroatoms. The van der Waals surface area contributed by atoms with E-state index in [0.717, 1.165) is 28.0 Å². The number of aryl methyl sites for hydroxylation is 1. The maximum atomic E-state index is 11.8. The molecule has 0 fully saturated rings. The van der Waals surface area contributed by atoms with Crippen LogP contribution < -0.4 is 15.5 Å². The number of hydrogen-bond acceptors (Lipinski definition) is 6. The number of benzene rings is 1. The van der Waals surface area contributed by atoms with E-state index < -0.39 is 15.7 Å². The molecule has 0 aliphatic rings. The molecular weight excluding hydrogens is 342 g/mol. The Kier molecular flexibility index (Phi) is 7.32. The van der Waals surface area contributed by atoms with Crippen molar-refractivity contribution in [1.82, 2.24) is 9.78 Å². The van der Waals surface area contributed by atoms with Gasteiger partial charge < -0.3 is 9.92 Å². The first-order valence-corrected chi connectivity index (χ1v) is 9.62. The zero-order chi connectivity index (χ0) is 19.2. The van der Waals surface area contributed by atoms with E-state index in [0.29, 0.717) is 12.2 Å². The molecule has 2 aromatic rings. The third-order valence-electron chi connectivity index (χ3n) is 2.76. The molecule has 0 aliphatic carbocycles. The molecule has 0 unspecified atom stereocenters. The van der Waals surface area contributed by atoms with Gasteiger partial charge in [0, 0.05) is 25.2 Å². The van der Waals surface area contributed by atoms with Gasteiger partial charge in [0.05, 0.1) is 11.9 Å². The van der Waals surface area contributed by atoms with E-state index in [1.165, 1.54) is 13.1 Å². The van der Waals surface area contributed by atoms with Gasteiger partial charge in [-0.3, -0.25) is 4.79 Å². The van der Waals surface area contributed by atoms with Gasteiger partial charge in [-0.1, -0.05) is 45.0 Å². The molecule has 0 radical (unpaired) electrons. The first-order chi connectivity index (χ1) is 11.5. The second kappa shape index (κ2) is 8.77. The summed E-state index contributed by atoms with van der Waals surface area (Å²) < 4.78 is 28.1. The van der Waals surface area contributed by atoms with Crippen LogP contribution in [0.15, 0.2) is 35.1 Å². The average molecular weight is 367 g/mol. The third-order valence-corrected chi connectivity index (χ3v) is 3.24. The van der Waals surface area contributed by atoms with Crippen molar-refractivity contribution in [3.63, 3.8) is 0 Å². The molecule has 0 atom stereocenters. The van der Waals surface area contributed by atoms with E-state index in [1.807, 2.05) is 12.1 Å². The Morgan fingerprint density at radius 3 is 2.16 bits per heavy atom. The number of nitrogens with two attached hydrogens (primary N) is 1. The van der Waals surface area contributed by atoms with Crippen LogP contribution >= 0.6 is 0 Å². The first-order valence-electron chi connectivity index (χ1n) is 7.80. The molecule has 25 heavy (non-hydrogen) atoms. The topological polar surface area (TPSA) is 104 Å². The van der Waals surface area contributed by atoms with Crippen LogP contribution in [0.4, 0.5) is 0 Å². The maximum Gasteiger partial charge on any atom is 0.310 e.